The van der Waals surface area contributed by atoms with Crippen molar-refractivity contribution in [2.45, 2.75) is 19.8 Å². The van der Waals surface area contributed by atoms with Gasteiger partial charge in [-0.05, 0) is 49.8 Å². The first-order valence-electron chi connectivity index (χ1n) is 8.45. The fraction of sp³-hybridized carbons (Fsp3) is 0.421. The number of fused-ring (bicyclic) bond motifs is 1. The van der Waals surface area contributed by atoms with Gasteiger partial charge in [-0.15, -0.1) is 0 Å². The van der Waals surface area contributed by atoms with Gasteiger partial charge in [0.25, 0.3) is 0 Å². The minimum Gasteiger partial charge on any atom is -0.462 e. The number of carbonyl (C=O) groups excluding carboxylic acids is 3. The second-order valence-corrected chi connectivity index (χ2v) is 6.62. The van der Waals surface area contributed by atoms with E-state index in [4.69, 9.17) is 4.74 Å². The molecule has 24 heavy (non-hydrogen) atoms. The number of rotatable bonds is 3. The van der Waals surface area contributed by atoms with Crippen molar-refractivity contribution >= 4 is 23.5 Å². The number of carbonyl (C=O) groups is 3. The van der Waals surface area contributed by atoms with E-state index >= 15 is 0 Å². The van der Waals surface area contributed by atoms with Crippen LogP contribution in [0.1, 0.15) is 30.1 Å². The van der Waals surface area contributed by atoms with E-state index in [2.05, 4.69) is 12.2 Å². The number of nitrogens with zero attached hydrogens (tertiary/aromatic N) is 1. The molecule has 0 N–H and O–H groups in total. The number of benzene rings is 1. The molecule has 2 fully saturated rings. The Bertz CT molecular complexity index is 721. The van der Waals surface area contributed by atoms with Crippen LogP contribution in [-0.2, 0) is 14.3 Å². The number of amides is 2. The number of hydrogen-bond acceptors (Lipinski definition) is 4. The monoisotopic (exact) mass is 325 g/mol. The van der Waals surface area contributed by atoms with E-state index in [1.807, 2.05) is 0 Å². The smallest absolute Gasteiger partial charge is 0.338 e. The largest absolute Gasteiger partial charge is 0.462 e. The first-order chi connectivity index (χ1) is 11.6. The molecule has 1 aromatic carbocycles. The third-order valence-corrected chi connectivity index (χ3v) is 5.37. The summed E-state index contributed by atoms with van der Waals surface area (Å²) in [6.07, 6.45) is 6.13. The molecule has 1 aliphatic heterocycles. The summed E-state index contributed by atoms with van der Waals surface area (Å²) in [5.41, 5.74) is 0.815. The van der Waals surface area contributed by atoms with Gasteiger partial charge in [0, 0.05) is 0 Å². The summed E-state index contributed by atoms with van der Waals surface area (Å²) in [5.74, 6) is -0.878. The molecule has 0 unspecified atom stereocenters. The number of esters is 1. The van der Waals surface area contributed by atoms with Crippen molar-refractivity contribution in [2.24, 2.45) is 23.7 Å². The fourth-order valence-corrected chi connectivity index (χ4v) is 4.32. The van der Waals surface area contributed by atoms with E-state index in [0.717, 1.165) is 12.8 Å². The molecule has 0 spiro atoms. The molecular weight excluding hydrogens is 306 g/mol. The SMILES string of the molecule is CCOC(=O)c1cccc(N2C(=O)[C@@H]3[C@H](C2=O)[C@@H]2C=C[C@H]3CC2)c1. The van der Waals surface area contributed by atoms with Crippen molar-refractivity contribution < 1.29 is 19.1 Å². The quantitative estimate of drug-likeness (QED) is 0.487. The predicted octanol–water partition coefficient (Wildman–Crippen LogP) is 2.56. The highest BCUT2D eigenvalue weighted by Gasteiger charge is 2.56. The van der Waals surface area contributed by atoms with E-state index in [-0.39, 0.29) is 42.1 Å². The second kappa shape index (κ2) is 5.58. The van der Waals surface area contributed by atoms with Crippen LogP contribution in [0.3, 0.4) is 0 Å². The van der Waals surface area contributed by atoms with Crippen molar-refractivity contribution in [2.75, 3.05) is 11.5 Å². The summed E-state index contributed by atoms with van der Waals surface area (Å²) in [7, 11) is 0. The van der Waals surface area contributed by atoms with Crippen molar-refractivity contribution in [3.63, 3.8) is 0 Å². The Balaban J connectivity index is 1.68. The van der Waals surface area contributed by atoms with E-state index in [1.165, 1.54) is 4.90 Å². The Morgan fingerprint density at radius 2 is 1.75 bits per heavy atom. The van der Waals surface area contributed by atoms with Gasteiger partial charge in [-0.25, -0.2) is 9.69 Å². The van der Waals surface area contributed by atoms with Crippen molar-refractivity contribution in [3.8, 4) is 0 Å². The highest BCUT2D eigenvalue weighted by Crippen LogP contribution is 2.50. The molecule has 1 aromatic rings. The lowest BCUT2D eigenvalue weighted by Gasteiger charge is -2.38. The summed E-state index contributed by atoms with van der Waals surface area (Å²) in [6.45, 7) is 2.02. The highest BCUT2D eigenvalue weighted by atomic mass is 16.5. The number of imide groups is 1. The zero-order chi connectivity index (χ0) is 16.8. The van der Waals surface area contributed by atoms with Gasteiger partial charge >= 0.3 is 5.97 Å². The van der Waals surface area contributed by atoms with Gasteiger partial charge in [0.15, 0.2) is 0 Å². The normalized spacial score (nSPS) is 30.6. The third kappa shape index (κ3) is 2.11. The van der Waals surface area contributed by atoms with Gasteiger partial charge in [-0.2, -0.15) is 0 Å². The number of hydrogen-bond donors (Lipinski definition) is 0. The number of allylic oxidation sites excluding steroid dienone is 2. The van der Waals surface area contributed by atoms with Crippen LogP contribution in [0.25, 0.3) is 0 Å². The summed E-state index contributed by atoms with van der Waals surface area (Å²) in [6, 6.07) is 6.58. The maximum atomic E-state index is 12.9. The van der Waals surface area contributed by atoms with Crippen LogP contribution in [-0.4, -0.2) is 24.4 Å². The number of ether oxygens (including phenoxy) is 1. The first-order valence-corrected chi connectivity index (χ1v) is 8.45. The molecule has 1 heterocycles. The Morgan fingerprint density at radius 3 is 2.29 bits per heavy atom. The summed E-state index contributed by atoms with van der Waals surface area (Å²) in [4.78, 5) is 39.0. The maximum Gasteiger partial charge on any atom is 0.338 e. The molecule has 5 heteroatoms. The molecule has 4 aliphatic rings. The van der Waals surface area contributed by atoms with Crippen LogP contribution < -0.4 is 4.90 Å². The standard InChI is InChI=1S/C19H19NO4/c1-2-24-19(23)13-4-3-5-14(10-13)20-17(21)15-11-6-7-12(9-8-11)16(15)18(20)22/h3-7,10-12,15-16H,2,8-9H2,1H3/t11-,12+,15-,16+. The van der Waals surface area contributed by atoms with Gasteiger partial charge in [-0.3, -0.25) is 9.59 Å². The molecule has 1 saturated carbocycles. The first kappa shape index (κ1) is 15.1. The van der Waals surface area contributed by atoms with Crippen molar-refractivity contribution in [1.82, 2.24) is 0 Å². The minimum absolute atomic E-state index is 0.134. The van der Waals surface area contributed by atoms with Crippen LogP contribution in [0.15, 0.2) is 36.4 Å². The van der Waals surface area contributed by atoms with Gasteiger partial charge in [0.05, 0.1) is 29.7 Å². The summed E-state index contributed by atoms with van der Waals surface area (Å²) in [5, 5.41) is 0. The summed E-state index contributed by atoms with van der Waals surface area (Å²) >= 11 is 0. The zero-order valence-corrected chi connectivity index (χ0v) is 13.5. The molecule has 5 rings (SSSR count). The predicted molar refractivity (Wildman–Crippen MR) is 87.2 cm³/mol. The Morgan fingerprint density at radius 1 is 1.12 bits per heavy atom. The molecule has 2 bridgehead atoms. The lowest BCUT2D eigenvalue weighted by molar-refractivity contribution is -0.124. The molecule has 1 saturated heterocycles. The van der Waals surface area contributed by atoms with Crippen LogP contribution >= 0.6 is 0 Å². The second-order valence-electron chi connectivity index (χ2n) is 6.62. The van der Waals surface area contributed by atoms with Crippen LogP contribution in [0, 0.1) is 23.7 Å². The molecule has 0 radical (unpaired) electrons. The van der Waals surface area contributed by atoms with E-state index in [9.17, 15) is 14.4 Å². The van der Waals surface area contributed by atoms with E-state index in [1.54, 1.807) is 31.2 Å². The molecule has 5 nitrogen and oxygen atoms in total. The zero-order valence-electron chi connectivity index (χ0n) is 13.5. The van der Waals surface area contributed by atoms with Gasteiger partial charge in [-0.1, -0.05) is 18.2 Å². The van der Waals surface area contributed by atoms with Gasteiger partial charge in [0.1, 0.15) is 0 Å². The Hall–Kier alpha value is -2.43. The van der Waals surface area contributed by atoms with Gasteiger partial charge in [0.2, 0.25) is 11.8 Å². The number of anilines is 1. The Labute approximate surface area is 140 Å². The average molecular weight is 325 g/mol. The third-order valence-electron chi connectivity index (χ3n) is 5.37. The molecule has 2 amide bonds. The highest BCUT2D eigenvalue weighted by molar-refractivity contribution is 6.22. The van der Waals surface area contributed by atoms with E-state index in [0.29, 0.717) is 11.3 Å². The fourth-order valence-electron chi connectivity index (χ4n) is 4.32. The minimum atomic E-state index is -0.447. The Kier molecular flexibility index (Phi) is 3.52. The molecular formula is C19H19NO4. The lowest BCUT2D eigenvalue weighted by Crippen LogP contribution is -2.38. The van der Waals surface area contributed by atoms with Crippen LogP contribution in [0.2, 0.25) is 0 Å². The van der Waals surface area contributed by atoms with Crippen LogP contribution in [0.4, 0.5) is 5.69 Å². The molecule has 4 atom stereocenters. The molecule has 3 aliphatic carbocycles. The van der Waals surface area contributed by atoms with Gasteiger partial charge < -0.3 is 4.74 Å². The average Bonchev–Trinajstić information content (AvgIpc) is 2.89. The van der Waals surface area contributed by atoms with Crippen molar-refractivity contribution in [1.29, 1.82) is 0 Å². The molecule has 0 aromatic heterocycles. The summed E-state index contributed by atoms with van der Waals surface area (Å²) < 4.78 is 5.00. The molecule has 124 valence electrons. The van der Waals surface area contributed by atoms with Crippen molar-refractivity contribution in [3.05, 3.63) is 42.0 Å². The van der Waals surface area contributed by atoms with E-state index < -0.39 is 5.97 Å². The van der Waals surface area contributed by atoms with Crippen LogP contribution in [0.5, 0.6) is 0 Å². The topological polar surface area (TPSA) is 63.7 Å². The maximum absolute atomic E-state index is 12.9. The lowest BCUT2D eigenvalue weighted by atomic mass is 9.63.